The number of esters is 1. The van der Waals surface area contributed by atoms with Crippen LogP contribution in [0.2, 0.25) is 0 Å². The molecule has 0 unspecified atom stereocenters. The van der Waals surface area contributed by atoms with Crippen molar-refractivity contribution in [1.82, 2.24) is 16.0 Å². The molecule has 0 spiro atoms. The summed E-state index contributed by atoms with van der Waals surface area (Å²) in [6.45, 7) is 3.43. The molecule has 4 amide bonds. The molecule has 0 aliphatic carbocycles. The standard InChI is InChI=1S/C21H28N4O6/c1-3-31-17(27)9-12(2)18(19(22)28)25-16(26)11-15-21(30)23-14(20(29)24-15)10-13-7-5-4-6-8-13/h4-8,12,14-15,18H,3,9-11H2,1-2H3,(H2,22,28)(H,23,30)(H,24,29)(H,25,26)/t12-,14+,15+,18-/m1/s1. The van der Waals surface area contributed by atoms with E-state index in [9.17, 15) is 24.0 Å². The Morgan fingerprint density at radius 2 is 1.71 bits per heavy atom. The van der Waals surface area contributed by atoms with Crippen molar-refractivity contribution < 1.29 is 28.7 Å². The number of nitrogens with one attached hydrogen (secondary N) is 3. The first-order chi connectivity index (χ1) is 14.7. The summed E-state index contributed by atoms with van der Waals surface area (Å²) >= 11 is 0. The van der Waals surface area contributed by atoms with Crippen molar-refractivity contribution in [1.29, 1.82) is 0 Å². The summed E-state index contributed by atoms with van der Waals surface area (Å²) in [4.78, 5) is 60.5. The molecule has 1 aromatic carbocycles. The number of carbonyl (C=O) groups is 5. The zero-order valence-electron chi connectivity index (χ0n) is 17.6. The Morgan fingerprint density at radius 3 is 2.32 bits per heavy atom. The minimum Gasteiger partial charge on any atom is -0.466 e. The van der Waals surface area contributed by atoms with Crippen molar-refractivity contribution in [2.75, 3.05) is 6.61 Å². The maximum atomic E-state index is 12.4. The van der Waals surface area contributed by atoms with E-state index in [2.05, 4.69) is 16.0 Å². The summed E-state index contributed by atoms with van der Waals surface area (Å²) in [5.41, 5.74) is 6.24. The van der Waals surface area contributed by atoms with E-state index in [4.69, 9.17) is 10.5 Å². The molecule has 168 valence electrons. The molecule has 0 bridgehead atoms. The quantitative estimate of drug-likeness (QED) is 0.353. The van der Waals surface area contributed by atoms with Gasteiger partial charge in [0.25, 0.3) is 0 Å². The molecule has 1 aliphatic rings. The Kier molecular flexibility index (Phi) is 8.53. The van der Waals surface area contributed by atoms with Crippen LogP contribution in [0.1, 0.15) is 32.3 Å². The molecule has 1 aliphatic heterocycles. The van der Waals surface area contributed by atoms with Gasteiger partial charge in [0.1, 0.15) is 18.1 Å². The van der Waals surface area contributed by atoms with Gasteiger partial charge in [0.05, 0.1) is 19.4 Å². The van der Waals surface area contributed by atoms with Crippen LogP contribution in [0.3, 0.4) is 0 Å². The third kappa shape index (κ3) is 7.09. The molecular formula is C21H28N4O6. The zero-order chi connectivity index (χ0) is 23.0. The lowest BCUT2D eigenvalue weighted by Gasteiger charge is -2.30. The maximum Gasteiger partial charge on any atom is 0.306 e. The van der Waals surface area contributed by atoms with Crippen LogP contribution in [-0.4, -0.2) is 54.3 Å². The minimum atomic E-state index is -1.12. The van der Waals surface area contributed by atoms with Gasteiger partial charge in [-0.05, 0) is 18.4 Å². The molecule has 10 nitrogen and oxygen atoms in total. The minimum absolute atomic E-state index is 0.108. The van der Waals surface area contributed by atoms with E-state index in [1.54, 1.807) is 13.8 Å². The van der Waals surface area contributed by atoms with Crippen LogP contribution in [0.4, 0.5) is 0 Å². The van der Waals surface area contributed by atoms with Crippen LogP contribution in [0, 0.1) is 5.92 Å². The fraction of sp³-hybridized carbons (Fsp3) is 0.476. The normalized spacial score (nSPS) is 20.1. The van der Waals surface area contributed by atoms with Crippen molar-refractivity contribution in [3.05, 3.63) is 35.9 Å². The van der Waals surface area contributed by atoms with E-state index in [-0.39, 0.29) is 19.4 Å². The largest absolute Gasteiger partial charge is 0.466 e. The predicted octanol–water partition coefficient (Wildman–Crippen LogP) is -0.838. The molecular weight excluding hydrogens is 404 g/mol. The molecule has 0 saturated carbocycles. The highest BCUT2D eigenvalue weighted by atomic mass is 16.5. The van der Waals surface area contributed by atoms with Crippen molar-refractivity contribution in [2.45, 2.75) is 51.2 Å². The number of carbonyl (C=O) groups excluding carboxylic acids is 5. The van der Waals surface area contributed by atoms with Gasteiger partial charge in [-0.25, -0.2) is 0 Å². The van der Waals surface area contributed by atoms with Crippen LogP contribution in [-0.2, 0) is 35.1 Å². The number of piperazine rings is 1. The maximum absolute atomic E-state index is 12.4. The summed E-state index contributed by atoms with van der Waals surface area (Å²) in [5.74, 6) is -3.48. The van der Waals surface area contributed by atoms with E-state index in [1.807, 2.05) is 30.3 Å². The van der Waals surface area contributed by atoms with Gasteiger partial charge >= 0.3 is 5.97 Å². The average Bonchev–Trinajstić information content (AvgIpc) is 2.70. The monoisotopic (exact) mass is 432 g/mol. The Balaban J connectivity index is 1.92. The van der Waals surface area contributed by atoms with Gasteiger partial charge in [0, 0.05) is 6.42 Å². The number of hydrogen-bond acceptors (Lipinski definition) is 6. The van der Waals surface area contributed by atoms with Gasteiger partial charge in [-0.15, -0.1) is 0 Å². The first kappa shape index (κ1) is 23.8. The second kappa shape index (κ2) is 11.1. The lowest BCUT2D eigenvalue weighted by atomic mass is 9.97. The van der Waals surface area contributed by atoms with Crippen molar-refractivity contribution >= 4 is 29.6 Å². The first-order valence-corrected chi connectivity index (χ1v) is 10.1. The SMILES string of the molecule is CCOC(=O)C[C@@H](C)[C@@H](NC(=O)C[C@@H]1NC(=O)[C@H](Cc2ccccc2)NC1=O)C(N)=O. The van der Waals surface area contributed by atoms with Crippen LogP contribution >= 0.6 is 0 Å². The van der Waals surface area contributed by atoms with E-state index < -0.39 is 53.6 Å². The van der Waals surface area contributed by atoms with E-state index >= 15 is 0 Å². The molecule has 1 heterocycles. The molecule has 5 N–H and O–H groups in total. The second-order valence-electron chi connectivity index (χ2n) is 7.45. The Morgan fingerprint density at radius 1 is 1.10 bits per heavy atom. The average molecular weight is 432 g/mol. The van der Waals surface area contributed by atoms with E-state index in [0.717, 1.165) is 5.56 Å². The highest BCUT2D eigenvalue weighted by Gasteiger charge is 2.36. The molecule has 10 heteroatoms. The highest BCUT2D eigenvalue weighted by molar-refractivity contribution is 5.99. The second-order valence-corrected chi connectivity index (χ2v) is 7.45. The van der Waals surface area contributed by atoms with Crippen molar-refractivity contribution in [3.8, 4) is 0 Å². The molecule has 1 saturated heterocycles. The van der Waals surface area contributed by atoms with Crippen molar-refractivity contribution in [3.63, 3.8) is 0 Å². The zero-order valence-corrected chi connectivity index (χ0v) is 17.6. The Labute approximate surface area is 180 Å². The lowest BCUT2D eigenvalue weighted by molar-refractivity contribution is -0.145. The number of hydrogen-bond donors (Lipinski definition) is 4. The fourth-order valence-corrected chi connectivity index (χ4v) is 3.33. The summed E-state index contributed by atoms with van der Waals surface area (Å²) < 4.78 is 4.84. The third-order valence-electron chi connectivity index (χ3n) is 4.92. The highest BCUT2D eigenvalue weighted by Crippen LogP contribution is 2.12. The molecule has 0 aromatic heterocycles. The van der Waals surface area contributed by atoms with Crippen molar-refractivity contribution in [2.24, 2.45) is 11.7 Å². The van der Waals surface area contributed by atoms with Gasteiger partial charge < -0.3 is 26.4 Å². The van der Waals surface area contributed by atoms with E-state index in [0.29, 0.717) is 6.42 Å². The van der Waals surface area contributed by atoms with Gasteiger partial charge in [0.2, 0.25) is 23.6 Å². The number of rotatable bonds is 10. The molecule has 4 atom stereocenters. The molecule has 1 fully saturated rings. The Bertz CT molecular complexity index is 828. The number of ether oxygens (including phenoxy) is 1. The number of nitrogens with two attached hydrogens (primary N) is 1. The summed E-state index contributed by atoms with van der Waals surface area (Å²) in [6.07, 6.45) is -0.151. The molecule has 1 aromatic rings. The van der Waals surface area contributed by atoms with Crippen LogP contribution in [0.15, 0.2) is 30.3 Å². The van der Waals surface area contributed by atoms with Crippen LogP contribution < -0.4 is 21.7 Å². The van der Waals surface area contributed by atoms with Crippen LogP contribution in [0.25, 0.3) is 0 Å². The summed E-state index contributed by atoms with van der Waals surface area (Å²) in [7, 11) is 0. The lowest BCUT2D eigenvalue weighted by Crippen LogP contribution is -2.63. The molecule has 2 rings (SSSR count). The Hall–Kier alpha value is -3.43. The van der Waals surface area contributed by atoms with E-state index in [1.165, 1.54) is 0 Å². The first-order valence-electron chi connectivity index (χ1n) is 10.1. The van der Waals surface area contributed by atoms with Crippen LogP contribution in [0.5, 0.6) is 0 Å². The molecule has 0 radical (unpaired) electrons. The fourth-order valence-electron chi connectivity index (χ4n) is 3.33. The third-order valence-corrected chi connectivity index (χ3v) is 4.92. The number of primary amides is 1. The number of amides is 4. The summed E-state index contributed by atoms with van der Waals surface area (Å²) in [6, 6.07) is 6.29. The van der Waals surface area contributed by atoms with Gasteiger partial charge in [-0.1, -0.05) is 37.3 Å². The smallest absolute Gasteiger partial charge is 0.306 e. The van der Waals surface area contributed by atoms with Gasteiger partial charge in [0.15, 0.2) is 0 Å². The van der Waals surface area contributed by atoms with Gasteiger partial charge in [-0.2, -0.15) is 0 Å². The molecule has 31 heavy (non-hydrogen) atoms. The topological polar surface area (TPSA) is 157 Å². The predicted molar refractivity (Wildman–Crippen MR) is 110 cm³/mol. The van der Waals surface area contributed by atoms with Gasteiger partial charge in [-0.3, -0.25) is 24.0 Å². The number of benzene rings is 1. The summed E-state index contributed by atoms with van der Waals surface area (Å²) in [5, 5.41) is 7.62.